The summed E-state index contributed by atoms with van der Waals surface area (Å²) in [6.07, 6.45) is 1.38. The van der Waals surface area contributed by atoms with Gasteiger partial charge in [0.15, 0.2) is 6.10 Å². The summed E-state index contributed by atoms with van der Waals surface area (Å²) >= 11 is 1.53. The summed E-state index contributed by atoms with van der Waals surface area (Å²) in [5, 5.41) is 8.92. The molecular formula is C13H11NO4S. The van der Waals surface area contributed by atoms with Crippen LogP contribution in [0.4, 0.5) is 0 Å². The fourth-order valence-electron chi connectivity index (χ4n) is 1.90. The Kier molecular flexibility index (Phi) is 3.08. The molecule has 98 valence electrons. The Balaban J connectivity index is 1.69. The first kappa shape index (κ1) is 12.0. The van der Waals surface area contributed by atoms with Crippen LogP contribution in [0.3, 0.4) is 0 Å². The summed E-state index contributed by atoms with van der Waals surface area (Å²) < 4.78 is 11.0. The van der Waals surface area contributed by atoms with Crippen molar-refractivity contribution < 1.29 is 19.4 Å². The Morgan fingerprint density at radius 3 is 3.21 bits per heavy atom. The molecule has 0 amide bonds. The number of hydrogen-bond acceptors (Lipinski definition) is 5. The number of hydrogen-bond donors (Lipinski definition) is 1. The van der Waals surface area contributed by atoms with Crippen LogP contribution in [0, 0.1) is 0 Å². The Morgan fingerprint density at radius 1 is 1.58 bits per heavy atom. The fourth-order valence-corrected chi connectivity index (χ4v) is 2.41. The molecule has 3 rings (SSSR count). The van der Waals surface area contributed by atoms with Gasteiger partial charge in [0.1, 0.15) is 18.1 Å². The normalized spacial score (nSPS) is 16.7. The summed E-state index contributed by atoms with van der Waals surface area (Å²) in [4.78, 5) is 15.9. The molecule has 0 saturated heterocycles. The second kappa shape index (κ2) is 4.89. The van der Waals surface area contributed by atoms with Gasteiger partial charge in [-0.1, -0.05) is 6.07 Å². The van der Waals surface area contributed by atoms with Gasteiger partial charge in [0.25, 0.3) is 0 Å². The molecule has 1 N–H and O–H groups in total. The highest BCUT2D eigenvalue weighted by atomic mass is 32.1. The molecule has 1 aromatic carbocycles. The first-order valence-corrected chi connectivity index (χ1v) is 6.63. The van der Waals surface area contributed by atoms with Crippen LogP contribution in [-0.2, 0) is 17.8 Å². The van der Waals surface area contributed by atoms with E-state index in [2.05, 4.69) is 4.98 Å². The Labute approximate surface area is 113 Å². The number of fused-ring (bicyclic) bond motifs is 1. The number of aromatic nitrogens is 1. The van der Waals surface area contributed by atoms with Crippen molar-refractivity contribution in [2.24, 2.45) is 0 Å². The highest BCUT2D eigenvalue weighted by Gasteiger charge is 2.28. The molecule has 0 aliphatic carbocycles. The van der Waals surface area contributed by atoms with Gasteiger partial charge < -0.3 is 14.6 Å². The number of carboxylic acids is 1. The second-order valence-electron chi connectivity index (χ2n) is 4.17. The van der Waals surface area contributed by atoms with E-state index < -0.39 is 12.1 Å². The maximum absolute atomic E-state index is 10.9. The molecule has 1 aromatic heterocycles. The van der Waals surface area contributed by atoms with E-state index >= 15 is 0 Å². The van der Waals surface area contributed by atoms with Gasteiger partial charge in [-0.3, -0.25) is 4.98 Å². The number of benzene rings is 1. The van der Waals surface area contributed by atoms with Gasteiger partial charge in [-0.05, 0) is 11.6 Å². The predicted molar refractivity (Wildman–Crippen MR) is 68.6 cm³/mol. The second-order valence-corrected chi connectivity index (χ2v) is 5.15. The zero-order valence-corrected chi connectivity index (χ0v) is 10.7. The van der Waals surface area contributed by atoms with Gasteiger partial charge >= 0.3 is 5.97 Å². The number of thiazole rings is 1. The van der Waals surface area contributed by atoms with Crippen LogP contribution in [-0.4, -0.2) is 22.2 Å². The first-order valence-electron chi connectivity index (χ1n) is 5.75. The number of nitrogens with zero attached hydrogens (tertiary/aromatic N) is 1. The van der Waals surface area contributed by atoms with E-state index in [9.17, 15) is 4.79 Å². The monoisotopic (exact) mass is 277 g/mol. The van der Waals surface area contributed by atoms with Crippen LogP contribution < -0.4 is 9.47 Å². The molecule has 2 heterocycles. The average Bonchev–Trinajstić information content (AvgIpc) is 3.04. The molecule has 0 radical (unpaired) electrons. The molecule has 1 atom stereocenters. The molecule has 6 heteroatoms. The highest BCUT2D eigenvalue weighted by Crippen LogP contribution is 2.32. The van der Waals surface area contributed by atoms with Crippen LogP contribution in [0.2, 0.25) is 0 Å². The van der Waals surface area contributed by atoms with E-state index in [4.69, 9.17) is 14.6 Å². The van der Waals surface area contributed by atoms with Crippen LogP contribution in [0.25, 0.3) is 0 Å². The van der Waals surface area contributed by atoms with Crippen molar-refractivity contribution in [2.75, 3.05) is 0 Å². The van der Waals surface area contributed by atoms with Crippen molar-refractivity contribution >= 4 is 17.3 Å². The first-order chi connectivity index (χ1) is 9.22. The molecule has 5 nitrogen and oxygen atoms in total. The minimum Gasteiger partial charge on any atom is -0.488 e. The Bertz CT molecular complexity index is 597. The van der Waals surface area contributed by atoms with Crippen molar-refractivity contribution in [3.05, 3.63) is 40.3 Å². The molecule has 1 aliphatic rings. The lowest BCUT2D eigenvalue weighted by atomic mass is 10.1. The number of aliphatic carboxylic acids is 1. The number of carbonyl (C=O) groups is 1. The number of carboxylic acid groups (broad SMARTS) is 1. The zero-order chi connectivity index (χ0) is 13.2. The maximum Gasteiger partial charge on any atom is 0.345 e. The fraction of sp³-hybridized carbons (Fsp3) is 0.231. The molecule has 0 saturated carbocycles. The average molecular weight is 277 g/mol. The van der Waals surface area contributed by atoms with Crippen LogP contribution in [0.15, 0.2) is 29.9 Å². The quantitative estimate of drug-likeness (QED) is 0.927. The van der Waals surface area contributed by atoms with Crippen molar-refractivity contribution in [1.82, 2.24) is 4.98 Å². The van der Waals surface area contributed by atoms with E-state index in [0.29, 0.717) is 24.5 Å². The zero-order valence-electron chi connectivity index (χ0n) is 9.91. The third-order valence-electron chi connectivity index (χ3n) is 2.85. The maximum atomic E-state index is 10.9. The summed E-state index contributed by atoms with van der Waals surface area (Å²) in [6, 6.07) is 5.41. The molecule has 19 heavy (non-hydrogen) atoms. The standard InChI is InChI=1S/C13H11NO4S/c15-13(16)12-3-8-1-2-9(4-11(8)18-12)17-6-10-5-14-7-19-10/h1-2,4-5,7,12H,3,6H2,(H,15,16). The van der Waals surface area contributed by atoms with Gasteiger partial charge in [-0.2, -0.15) is 0 Å². The van der Waals surface area contributed by atoms with Crippen LogP contribution in [0.5, 0.6) is 11.5 Å². The minimum atomic E-state index is -0.941. The highest BCUT2D eigenvalue weighted by molar-refractivity contribution is 7.09. The van der Waals surface area contributed by atoms with Crippen LogP contribution >= 0.6 is 11.3 Å². The van der Waals surface area contributed by atoms with Crippen LogP contribution in [0.1, 0.15) is 10.4 Å². The lowest BCUT2D eigenvalue weighted by Gasteiger charge is -2.07. The van der Waals surface area contributed by atoms with E-state index in [1.807, 2.05) is 12.1 Å². The largest absolute Gasteiger partial charge is 0.488 e. The van der Waals surface area contributed by atoms with Gasteiger partial charge in [-0.15, -0.1) is 11.3 Å². The molecule has 1 aliphatic heterocycles. The Morgan fingerprint density at radius 2 is 2.47 bits per heavy atom. The topological polar surface area (TPSA) is 68.7 Å². The van der Waals surface area contributed by atoms with Crippen molar-refractivity contribution in [2.45, 2.75) is 19.1 Å². The van der Waals surface area contributed by atoms with Gasteiger partial charge in [0.2, 0.25) is 0 Å². The van der Waals surface area contributed by atoms with Crippen molar-refractivity contribution in [3.63, 3.8) is 0 Å². The summed E-state index contributed by atoms with van der Waals surface area (Å²) in [5.41, 5.74) is 2.65. The lowest BCUT2D eigenvalue weighted by molar-refractivity contribution is -0.144. The third kappa shape index (κ3) is 2.53. The van der Waals surface area contributed by atoms with E-state index in [1.54, 1.807) is 17.8 Å². The van der Waals surface area contributed by atoms with Crippen molar-refractivity contribution in [1.29, 1.82) is 0 Å². The Hall–Kier alpha value is -2.08. The SMILES string of the molecule is O=C(O)C1Cc2ccc(OCc3cncs3)cc2O1. The molecule has 0 spiro atoms. The smallest absolute Gasteiger partial charge is 0.345 e. The van der Waals surface area contributed by atoms with Gasteiger partial charge in [0, 0.05) is 18.7 Å². The van der Waals surface area contributed by atoms with E-state index in [0.717, 1.165) is 10.4 Å². The van der Waals surface area contributed by atoms with Gasteiger partial charge in [0.05, 0.1) is 10.4 Å². The molecular weight excluding hydrogens is 266 g/mol. The summed E-state index contributed by atoms with van der Waals surface area (Å²) in [6.45, 7) is 0.450. The van der Waals surface area contributed by atoms with E-state index in [1.165, 1.54) is 11.3 Å². The minimum absolute atomic E-state index is 0.403. The van der Waals surface area contributed by atoms with Gasteiger partial charge in [-0.25, -0.2) is 4.79 Å². The molecule has 1 unspecified atom stereocenters. The van der Waals surface area contributed by atoms with E-state index in [-0.39, 0.29) is 0 Å². The lowest BCUT2D eigenvalue weighted by Crippen LogP contribution is -2.24. The number of rotatable bonds is 4. The third-order valence-corrected chi connectivity index (χ3v) is 3.61. The molecule has 2 aromatic rings. The number of ether oxygens (including phenoxy) is 2. The predicted octanol–water partition coefficient (Wildman–Crippen LogP) is 2.11. The summed E-state index contributed by atoms with van der Waals surface area (Å²) in [7, 11) is 0. The van der Waals surface area contributed by atoms with Crippen molar-refractivity contribution in [3.8, 4) is 11.5 Å². The molecule has 0 bridgehead atoms. The summed E-state index contributed by atoms with van der Waals surface area (Å²) in [5.74, 6) is 0.315. The molecule has 0 fully saturated rings.